The van der Waals surface area contributed by atoms with Crippen molar-refractivity contribution in [2.24, 2.45) is 11.5 Å². The summed E-state index contributed by atoms with van der Waals surface area (Å²) in [6.45, 7) is 15.4. The molecule has 0 saturated carbocycles. The van der Waals surface area contributed by atoms with Crippen LogP contribution in [0.4, 0.5) is 0 Å². The lowest BCUT2D eigenvalue weighted by atomic mass is 10.0. The molecule has 0 bridgehead atoms. The highest BCUT2D eigenvalue weighted by Gasteiger charge is 2.13. The van der Waals surface area contributed by atoms with Crippen LogP contribution in [0.15, 0.2) is 24.3 Å². The molecule has 0 aromatic rings. The number of thiol groups is 1. The minimum atomic E-state index is -1.32. The van der Waals surface area contributed by atoms with Gasteiger partial charge in [0.2, 0.25) is 11.8 Å². The molecular weight excluding hydrogens is 1500 g/mol. The molecule has 22 nitrogen and oxygen atoms in total. The second-order valence-corrected chi connectivity index (χ2v) is 26.1. The fraction of sp³-hybridized carbons (Fsp3) is 0.659. The molecule has 10 N–H and O–H groups in total. The number of carbonyl (C=O) groups excluding carboxylic acids is 8. The predicted octanol–water partition coefficient (Wildman–Crippen LogP) is 16.3. The number of nitrogens with one attached hydrogen (secondary N) is 2. The van der Waals surface area contributed by atoms with Crippen molar-refractivity contribution in [3.05, 3.63) is 24.3 Å². The summed E-state index contributed by atoms with van der Waals surface area (Å²) in [7, 11) is 1.27. The Balaban J connectivity index is -0.000000109. The average Bonchev–Trinajstić information content (AvgIpc) is 1.01. The Morgan fingerprint density at radius 3 is 0.973 bits per heavy atom. The number of amides is 2. The molecule has 0 aromatic heterocycles. The number of carboxylic acids is 4. The third-order valence-corrected chi connectivity index (χ3v) is 15.7. The number of unbranched alkanes of at least 4 members (excludes halogenated alkanes) is 26. The van der Waals surface area contributed by atoms with Crippen LogP contribution in [0.1, 0.15) is 310 Å². The van der Waals surface area contributed by atoms with Crippen LogP contribution in [0.25, 0.3) is 0 Å². The quantitative estimate of drug-likeness (QED) is 0.00682. The lowest BCUT2D eigenvalue weighted by molar-refractivity contribution is -0.142. The first-order valence-electron chi connectivity index (χ1n) is 39.7. The summed E-state index contributed by atoms with van der Waals surface area (Å²) in [6, 6.07) is 0. The van der Waals surface area contributed by atoms with Gasteiger partial charge in [0.05, 0.1) is 32.8 Å². The normalized spacial score (nSPS) is 9.12. The van der Waals surface area contributed by atoms with Crippen LogP contribution >= 0.6 is 36.2 Å². The van der Waals surface area contributed by atoms with E-state index in [1.165, 1.54) is 198 Å². The largest absolute Gasteiger partial charge is 0.481 e. The van der Waals surface area contributed by atoms with Gasteiger partial charge in [-0.05, 0) is 160 Å². The van der Waals surface area contributed by atoms with Crippen LogP contribution in [-0.4, -0.2) is 161 Å². The van der Waals surface area contributed by atoms with Gasteiger partial charge in [0, 0.05) is 74.1 Å². The van der Waals surface area contributed by atoms with Gasteiger partial charge in [-0.3, -0.25) is 43.2 Å². The second-order valence-electron chi connectivity index (χ2n) is 24.1. The zero-order valence-electron chi connectivity index (χ0n) is 70.5. The van der Waals surface area contributed by atoms with Crippen LogP contribution < -0.4 is 22.1 Å². The fourth-order valence-corrected chi connectivity index (χ4v) is 9.32. The molecular formula is C88H148N4O18S3. The van der Waals surface area contributed by atoms with E-state index in [4.69, 9.17) is 31.9 Å². The summed E-state index contributed by atoms with van der Waals surface area (Å²) in [5.74, 6) is 30.1. The number of rotatable bonds is 57. The molecule has 0 heterocycles. The van der Waals surface area contributed by atoms with E-state index < -0.39 is 59.8 Å². The van der Waals surface area contributed by atoms with Gasteiger partial charge in [-0.1, -0.05) is 213 Å². The van der Waals surface area contributed by atoms with Gasteiger partial charge in [0.25, 0.3) is 0 Å². The average molecular weight is 1650 g/mol. The highest BCUT2D eigenvalue weighted by atomic mass is 32.2. The predicted molar refractivity (Wildman–Crippen MR) is 473 cm³/mol. The van der Waals surface area contributed by atoms with Crippen LogP contribution in [0.3, 0.4) is 0 Å². The van der Waals surface area contributed by atoms with Crippen molar-refractivity contribution in [2.75, 3.05) is 70.2 Å². The summed E-state index contributed by atoms with van der Waals surface area (Å²) < 4.78 is 8.73. The summed E-state index contributed by atoms with van der Waals surface area (Å²) in [5, 5.41) is 38.1. The number of hydrogen-bond donors (Lipinski definition) is 9. The first-order chi connectivity index (χ1) is 54.5. The van der Waals surface area contributed by atoms with E-state index in [0.29, 0.717) is 44.2 Å². The molecule has 25 heteroatoms. The Kier molecular flexibility index (Phi) is 122. The van der Waals surface area contributed by atoms with Crippen molar-refractivity contribution in [3.63, 3.8) is 0 Å². The molecule has 2 amide bonds. The van der Waals surface area contributed by atoms with Gasteiger partial charge < -0.3 is 52.0 Å². The van der Waals surface area contributed by atoms with Crippen LogP contribution in [0.2, 0.25) is 0 Å². The maximum Gasteiger partial charge on any atom is 0.331 e. The summed E-state index contributed by atoms with van der Waals surface area (Å²) in [6.07, 6.45) is 50.9. The third-order valence-electron chi connectivity index (χ3n) is 14.3. The highest BCUT2D eigenvalue weighted by molar-refractivity contribution is 7.98. The summed E-state index contributed by atoms with van der Waals surface area (Å²) in [5.41, 5.74) is 10.1. The molecule has 0 aliphatic rings. The molecule has 0 rings (SSSR count). The molecule has 0 unspecified atom stereocenters. The van der Waals surface area contributed by atoms with Gasteiger partial charge in [-0.25, -0.2) is 14.4 Å². The molecule has 0 aliphatic heterocycles. The number of methoxy groups -OCH3 is 1. The monoisotopic (exact) mass is 1640 g/mol. The Morgan fingerprint density at radius 2 is 0.699 bits per heavy atom. The first kappa shape index (κ1) is 123. The first-order valence-corrected chi connectivity index (χ1v) is 43.4. The molecule has 0 spiro atoms. The SMILES string of the molecule is CC.CC#CC#CC#CC#CC#CC#CC#CC.CCC(=O)CCC(=O)NCCCNC(=O)CCC(=O)OC.CCCCCCCCCCCCCCCCSC.CCCCCCCCCCCCCCCCSC.CS.NCCCN.O=C(O)/C=C\C(=O)COC(=O)/C=C\C(=O)O.O=C(O)CCC(=O)CC(=O)CCC(=O)O.[HH].[HH].[HH]. The molecule has 0 saturated heterocycles. The standard InChI is InChI=1S/2C17H36S.C16H6.C14H24N2O5.C9H8O7.C9H12O6.C3H10N2.C2H6.CH4S.3H2/c2*1-3-4-5-6-7-8-9-10-11-12-13-14-15-16-17-18-2;1-3-5-7-9-11-13-15-16-14-12-10-8-6-4-2;1-3-11(17)5-6-12(18)15-9-4-10-16-13(19)7-8-14(20)21-2;10-6(1-2-7(11)12)5-16-9(15)4-3-8(13)14;10-6(1-3-8(12)13)5-7(11)2-4-9(14)15;4-2-1-3-5;2*1-2;;;/h2*3-17H2,1-2H3;1-2H3;3-10H2,1-2H3,(H,15,18)(H,16,19);1-4H,5H2,(H,11,12)(H,13,14);1-5H2,(H,12,13)(H,14,15);1-5H2;1-2H3;2H,1H3;3*1H/b;;;;2-1-,4-3-;;;;;;;. The number of thioether (sulfide) groups is 2. The molecule has 0 aromatic carbocycles. The van der Waals surface area contributed by atoms with Gasteiger partial charge in [-0.2, -0.15) is 36.2 Å². The van der Waals surface area contributed by atoms with E-state index in [1.807, 2.05) is 37.4 Å². The van der Waals surface area contributed by atoms with Gasteiger partial charge in [-0.15, -0.1) is 0 Å². The minimum Gasteiger partial charge on any atom is -0.481 e. The number of carboxylic acid groups (broad SMARTS) is 4. The molecule has 0 radical (unpaired) electrons. The molecule has 0 atom stereocenters. The van der Waals surface area contributed by atoms with Crippen molar-refractivity contribution in [1.29, 1.82) is 0 Å². The van der Waals surface area contributed by atoms with E-state index in [2.05, 4.69) is 142 Å². The third kappa shape index (κ3) is 140. The number of ketones is 4. The molecule has 0 aliphatic carbocycles. The number of aliphatic carboxylic acids is 4. The maximum absolute atomic E-state index is 11.4. The minimum absolute atomic E-state index is 0. The van der Waals surface area contributed by atoms with Crippen LogP contribution in [0.5, 0.6) is 0 Å². The number of carbonyl (C=O) groups is 12. The fourth-order valence-electron chi connectivity index (χ4n) is 8.34. The zero-order chi connectivity index (χ0) is 87.1. The van der Waals surface area contributed by atoms with E-state index in [1.54, 1.807) is 27.0 Å². The topological polar surface area (TPSA) is 380 Å². The van der Waals surface area contributed by atoms with Crippen LogP contribution in [-0.2, 0) is 67.0 Å². The number of ether oxygens (including phenoxy) is 2. The number of nitrogens with two attached hydrogens (primary N) is 2. The number of esters is 2. The van der Waals surface area contributed by atoms with Gasteiger partial charge in [0.1, 0.15) is 17.3 Å². The molecule has 113 heavy (non-hydrogen) atoms. The smallest absolute Gasteiger partial charge is 0.331 e. The van der Waals surface area contributed by atoms with Crippen molar-refractivity contribution in [1.82, 2.24) is 10.6 Å². The summed E-state index contributed by atoms with van der Waals surface area (Å²) in [4.78, 5) is 128. The molecule has 0 fully saturated rings. The van der Waals surface area contributed by atoms with E-state index in [9.17, 15) is 57.5 Å². The second kappa shape index (κ2) is 112. The highest BCUT2D eigenvalue weighted by Crippen LogP contribution is 2.15. The Morgan fingerprint density at radius 1 is 0.398 bits per heavy atom. The van der Waals surface area contributed by atoms with Crippen molar-refractivity contribution < 1.29 is 91.7 Å². The van der Waals surface area contributed by atoms with E-state index in [0.717, 1.165) is 25.6 Å². The molecule has 646 valence electrons. The van der Waals surface area contributed by atoms with Crippen LogP contribution in [0, 0.1) is 82.9 Å². The van der Waals surface area contributed by atoms with Gasteiger partial charge >= 0.3 is 35.8 Å². The van der Waals surface area contributed by atoms with Crippen molar-refractivity contribution in [3.8, 4) is 82.9 Å². The van der Waals surface area contributed by atoms with E-state index in [-0.39, 0.29) is 79.7 Å². The number of hydrogen-bond acceptors (Lipinski definition) is 19. The lowest BCUT2D eigenvalue weighted by Crippen LogP contribution is -2.30. The Bertz CT molecular complexity index is 2780. The maximum atomic E-state index is 11.4. The lowest BCUT2D eigenvalue weighted by Gasteiger charge is -2.06. The van der Waals surface area contributed by atoms with Crippen molar-refractivity contribution >= 4 is 107 Å². The summed E-state index contributed by atoms with van der Waals surface area (Å²) >= 11 is 7.50. The van der Waals surface area contributed by atoms with Gasteiger partial charge in [0.15, 0.2) is 12.4 Å². The zero-order valence-corrected chi connectivity index (χ0v) is 73.0. The van der Waals surface area contributed by atoms with E-state index >= 15 is 0 Å². The van der Waals surface area contributed by atoms with Crippen molar-refractivity contribution in [2.45, 2.75) is 305 Å². The Labute approximate surface area is 699 Å². The number of Topliss-reactive ketones (excluding diaryl/α,β-unsaturated/α-hetero) is 3. The Hall–Kier alpha value is -8.19.